The van der Waals surface area contributed by atoms with Gasteiger partial charge in [0.2, 0.25) is 0 Å². The Labute approximate surface area is 140 Å². The summed E-state index contributed by atoms with van der Waals surface area (Å²) in [7, 11) is 0. The van der Waals surface area contributed by atoms with Gasteiger partial charge in [-0.3, -0.25) is 9.48 Å². The summed E-state index contributed by atoms with van der Waals surface area (Å²) in [6.45, 7) is 6.02. The van der Waals surface area contributed by atoms with Gasteiger partial charge in [0.15, 0.2) is 0 Å². The number of hydrogen-bond donors (Lipinski definition) is 0. The van der Waals surface area contributed by atoms with Crippen LogP contribution >= 0.6 is 0 Å². The molecule has 0 aliphatic carbocycles. The maximum absolute atomic E-state index is 13.8. The minimum absolute atomic E-state index is 0.0617. The number of likely N-dealkylation sites (tertiary alicyclic amines) is 1. The molecule has 1 fully saturated rings. The Balaban J connectivity index is 1.60. The smallest absolute Gasteiger partial charge is 0.256 e. The maximum atomic E-state index is 13.8. The van der Waals surface area contributed by atoms with E-state index in [1.165, 1.54) is 6.07 Å². The van der Waals surface area contributed by atoms with Gasteiger partial charge in [0.1, 0.15) is 11.6 Å². The third-order valence-electron chi connectivity index (χ3n) is 4.60. The average Bonchev–Trinajstić information content (AvgIpc) is 2.85. The fourth-order valence-electron chi connectivity index (χ4n) is 3.26. The molecule has 1 aromatic heterocycles. The van der Waals surface area contributed by atoms with E-state index in [9.17, 15) is 13.6 Å². The van der Waals surface area contributed by atoms with Crippen LogP contribution < -0.4 is 0 Å². The quantitative estimate of drug-likeness (QED) is 0.864. The molecule has 0 saturated carbocycles. The summed E-state index contributed by atoms with van der Waals surface area (Å²) in [6.07, 6.45) is 1.71. The van der Waals surface area contributed by atoms with Crippen molar-refractivity contribution in [1.29, 1.82) is 0 Å². The number of rotatable bonds is 3. The number of carbonyl (C=O) groups excluding carboxylic acids is 1. The molecule has 1 amide bonds. The topological polar surface area (TPSA) is 38.1 Å². The van der Waals surface area contributed by atoms with Crippen LogP contribution in [0.5, 0.6) is 0 Å². The van der Waals surface area contributed by atoms with Crippen molar-refractivity contribution in [3.8, 4) is 0 Å². The Morgan fingerprint density at radius 3 is 2.50 bits per heavy atom. The van der Waals surface area contributed by atoms with E-state index in [2.05, 4.69) is 11.2 Å². The lowest BCUT2D eigenvalue weighted by Gasteiger charge is -2.32. The summed E-state index contributed by atoms with van der Waals surface area (Å²) in [6, 6.07) is 5.14. The molecule has 4 nitrogen and oxygen atoms in total. The molecule has 24 heavy (non-hydrogen) atoms. The highest BCUT2D eigenvalue weighted by molar-refractivity contribution is 5.94. The lowest BCUT2D eigenvalue weighted by Crippen LogP contribution is -2.39. The van der Waals surface area contributed by atoms with Gasteiger partial charge in [-0.2, -0.15) is 5.10 Å². The Morgan fingerprint density at radius 1 is 1.21 bits per heavy atom. The monoisotopic (exact) mass is 333 g/mol. The zero-order valence-electron chi connectivity index (χ0n) is 13.9. The van der Waals surface area contributed by atoms with Crippen LogP contribution in [0.2, 0.25) is 0 Å². The molecule has 0 atom stereocenters. The standard InChI is InChI=1S/C18H21F2N3O/c1-12-9-13(2)23(21-12)11-14-5-7-22(8-6-14)18(24)16-4-3-15(19)10-17(16)20/h3-4,9-10,14H,5-8,11H2,1-2H3. The number of piperidine rings is 1. The second-order valence-electron chi connectivity index (χ2n) is 6.47. The molecule has 6 heteroatoms. The number of aromatic nitrogens is 2. The first-order valence-corrected chi connectivity index (χ1v) is 8.19. The van der Waals surface area contributed by atoms with Crippen molar-refractivity contribution in [2.45, 2.75) is 33.2 Å². The van der Waals surface area contributed by atoms with Crippen molar-refractivity contribution in [3.63, 3.8) is 0 Å². The third-order valence-corrected chi connectivity index (χ3v) is 4.60. The van der Waals surface area contributed by atoms with Gasteiger partial charge < -0.3 is 4.90 Å². The first-order valence-electron chi connectivity index (χ1n) is 8.19. The minimum atomic E-state index is -0.801. The van der Waals surface area contributed by atoms with Crippen LogP contribution in [0.3, 0.4) is 0 Å². The van der Waals surface area contributed by atoms with Crippen LogP contribution in [-0.2, 0) is 6.54 Å². The Hall–Kier alpha value is -2.24. The molecule has 0 bridgehead atoms. The van der Waals surface area contributed by atoms with Crippen LogP contribution in [0.25, 0.3) is 0 Å². The van der Waals surface area contributed by atoms with Crippen molar-refractivity contribution in [3.05, 3.63) is 52.9 Å². The van der Waals surface area contributed by atoms with Gasteiger partial charge in [-0.1, -0.05) is 0 Å². The number of carbonyl (C=O) groups is 1. The average molecular weight is 333 g/mol. The molecule has 1 aliphatic rings. The number of amides is 1. The largest absolute Gasteiger partial charge is 0.339 e. The zero-order valence-corrected chi connectivity index (χ0v) is 13.9. The summed E-state index contributed by atoms with van der Waals surface area (Å²) in [5, 5.41) is 4.48. The predicted molar refractivity (Wildman–Crippen MR) is 86.7 cm³/mol. The van der Waals surface area contributed by atoms with Crippen LogP contribution in [0.15, 0.2) is 24.3 Å². The minimum Gasteiger partial charge on any atom is -0.339 e. The van der Waals surface area contributed by atoms with E-state index in [0.717, 1.165) is 42.9 Å². The molecule has 2 heterocycles. The molecule has 3 rings (SSSR count). The Kier molecular flexibility index (Phi) is 4.64. The van der Waals surface area contributed by atoms with Crippen LogP contribution in [0, 0.1) is 31.4 Å². The van der Waals surface area contributed by atoms with Crippen LogP contribution in [-0.4, -0.2) is 33.7 Å². The van der Waals surface area contributed by atoms with E-state index in [-0.39, 0.29) is 11.5 Å². The highest BCUT2D eigenvalue weighted by atomic mass is 19.1. The lowest BCUT2D eigenvalue weighted by atomic mass is 9.96. The van der Waals surface area contributed by atoms with E-state index in [1.54, 1.807) is 4.90 Å². The van der Waals surface area contributed by atoms with Crippen molar-refractivity contribution in [1.82, 2.24) is 14.7 Å². The molecule has 0 radical (unpaired) electrons. The summed E-state index contributed by atoms with van der Waals surface area (Å²) >= 11 is 0. The van der Waals surface area contributed by atoms with Crippen LogP contribution in [0.4, 0.5) is 8.78 Å². The normalized spacial score (nSPS) is 15.8. The molecular formula is C18H21F2N3O. The SMILES string of the molecule is Cc1cc(C)n(CC2CCN(C(=O)c3ccc(F)cc3F)CC2)n1. The number of aryl methyl sites for hydroxylation is 2. The number of halogens is 2. The van der Waals surface area contributed by atoms with Gasteiger partial charge in [-0.15, -0.1) is 0 Å². The Morgan fingerprint density at radius 2 is 1.92 bits per heavy atom. The molecule has 1 saturated heterocycles. The number of nitrogens with zero attached hydrogens (tertiary/aromatic N) is 3. The molecule has 0 spiro atoms. The first-order chi connectivity index (χ1) is 11.4. The van der Waals surface area contributed by atoms with E-state index < -0.39 is 11.6 Å². The van der Waals surface area contributed by atoms with Crippen molar-refractivity contribution in [2.24, 2.45) is 5.92 Å². The zero-order chi connectivity index (χ0) is 17.3. The third kappa shape index (κ3) is 3.47. The van der Waals surface area contributed by atoms with Gasteiger partial charge >= 0.3 is 0 Å². The second-order valence-corrected chi connectivity index (χ2v) is 6.47. The van der Waals surface area contributed by atoms with Gasteiger partial charge in [-0.25, -0.2) is 8.78 Å². The predicted octanol–water partition coefficient (Wildman–Crippen LogP) is 3.33. The van der Waals surface area contributed by atoms with E-state index in [1.807, 2.05) is 18.5 Å². The molecule has 128 valence electrons. The molecule has 2 aromatic rings. The van der Waals surface area contributed by atoms with Gasteiger partial charge in [-0.05, 0) is 50.8 Å². The van der Waals surface area contributed by atoms with Gasteiger partial charge in [0.25, 0.3) is 5.91 Å². The maximum Gasteiger partial charge on any atom is 0.256 e. The summed E-state index contributed by atoms with van der Waals surface area (Å²) in [4.78, 5) is 14.0. The molecule has 0 N–H and O–H groups in total. The number of hydrogen-bond acceptors (Lipinski definition) is 2. The van der Waals surface area contributed by atoms with E-state index in [0.29, 0.717) is 19.0 Å². The van der Waals surface area contributed by atoms with Crippen LogP contribution in [0.1, 0.15) is 34.6 Å². The fourth-order valence-corrected chi connectivity index (χ4v) is 3.26. The molecule has 1 aromatic carbocycles. The summed E-state index contributed by atoms with van der Waals surface area (Å²) in [5.74, 6) is -1.39. The Bertz CT molecular complexity index is 749. The summed E-state index contributed by atoms with van der Waals surface area (Å²) < 4.78 is 28.8. The molecule has 0 unspecified atom stereocenters. The van der Waals surface area contributed by atoms with Gasteiger partial charge in [0.05, 0.1) is 11.3 Å². The van der Waals surface area contributed by atoms with Gasteiger partial charge in [0, 0.05) is 31.4 Å². The highest BCUT2D eigenvalue weighted by Crippen LogP contribution is 2.22. The lowest BCUT2D eigenvalue weighted by molar-refractivity contribution is 0.0676. The van der Waals surface area contributed by atoms with Crippen molar-refractivity contribution < 1.29 is 13.6 Å². The molecular weight excluding hydrogens is 312 g/mol. The van der Waals surface area contributed by atoms with E-state index in [4.69, 9.17) is 0 Å². The highest BCUT2D eigenvalue weighted by Gasteiger charge is 2.26. The fraction of sp³-hybridized carbons (Fsp3) is 0.444. The second kappa shape index (κ2) is 6.71. The van der Waals surface area contributed by atoms with E-state index >= 15 is 0 Å². The van der Waals surface area contributed by atoms with Crippen molar-refractivity contribution in [2.75, 3.05) is 13.1 Å². The molecule has 1 aliphatic heterocycles. The van der Waals surface area contributed by atoms with Crippen molar-refractivity contribution >= 4 is 5.91 Å². The summed E-state index contributed by atoms with van der Waals surface area (Å²) in [5.41, 5.74) is 2.08. The number of benzene rings is 1. The first kappa shape index (κ1) is 16.6.